The summed E-state index contributed by atoms with van der Waals surface area (Å²) in [7, 11) is 0. The van der Waals surface area contributed by atoms with E-state index >= 15 is 0 Å². The largest absolute Gasteiger partial charge is 0.416 e. The Morgan fingerprint density at radius 1 is 1.22 bits per heavy atom. The summed E-state index contributed by atoms with van der Waals surface area (Å²) < 4.78 is 39.6. The number of nitrogens with one attached hydrogen (secondary N) is 1. The van der Waals surface area contributed by atoms with Crippen molar-refractivity contribution in [1.29, 1.82) is 0 Å². The first kappa shape index (κ1) is 16.6. The van der Waals surface area contributed by atoms with Gasteiger partial charge in [0.2, 0.25) is 5.28 Å². The molecule has 2 aromatic rings. The summed E-state index contributed by atoms with van der Waals surface area (Å²) in [4.78, 5) is 4.07. The predicted octanol–water partition coefficient (Wildman–Crippen LogP) is 4.49. The third-order valence-electron chi connectivity index (χ3n) is 3.97. The molecule has 23 heavy (non-hydrogen) atoms. The lowest BCUT2D eigenvalue weighted by molar-refractivity contribution is -0.137. The van der Waals surface area contributed by atoms with Crippen molar-refractivity contribution in [2.24, 2.45) is 0 Å². The van der Waals surface area contributed by atoms with E-state index in [9.17, 15) is 13.2 Å². The second-order valence-electron chi connectivity index (χ2n) is 5.45. The lowest BCUT2D eigenvalue weighted by atomic mass is 10.0. The molecule has 0 spiro atoms. The van der Waals surface area contributed by atoms with Crippen molar-refractivity contribution in [3.63, 3.8) is 0 Å². The fraction of sp³-hybridized carbons (Fsp3) is 0.400. The van der Waals surface area contributed by atoms with E-state index in [2.05, 4.69) is 10.3 Å². The molecule has 0 radical (unpaired) electrons. The van der Waals surface area contributed by atoms with Crippen LogP contribution in [-0.4, -0.2) is 16.1 Å². The SMILES string of the molecule is FC(F)(F)c1ccc(CCC2NCCn3c(Cl)nc(Cl)c32)cc1. The highest BCUT2D eigenvalue weighted by Crippen LogP contribution is 2.32. The summed E-state index contributed by atoms with van der Waals surface area (Å²) in [6, 6.07) is 5.23. The van der Waals surface area contributed by atoms with E-state index in [0.29, 0.717) is 29.8 Å². The molecule has 1 N–H and O–H groups in total. The van der Waals surface area contributed by atoms with Crippen LogP contribution in [0.1, 0.15) is 29.3 Å². The fourth-order valence-corrected chi connectivity index (χ4v) is 3.43. The van der Waals surface area contributed by atoms with Crippen molar-refractivity contribution in [1.82, 2.24) is 14.9 Å². The summed E-state index contributed by atoms with van der Waals surface area (Å²) in [6.07, 6.45) is -2.97. The highest BCUT2D eigenvalue weighted by atomic mass is 35.5. The number of benzene rings is 1. The van der Waals surface area contributed by atoms with Crippen LogP contribution in [0.25, 0.3) is 0 Å². The Bertz CT molecular complexity index is 695. The summed E-state index contributed by atoms with van der Waals surface area (Å²) in [5, 5.41) is 4.09. The Kier molecular flexibility index (Phi) is 4.58. The minimum atomic E-state index is -4.31. The molecule has 0 fully saturated rings. The molecule has 3 rings (SSSR count). The van der Waals surface area contributed by atoms with Gasteiger partial charge in [0.1, 0.15) is 0 Å². The van der Waals surface area contributed by atoms with E-state index in [-0.39, 0.29) is 6.04 Å². The number of hydrogen-bond donors (Lipinski definition) is 1. The molecule has 0 amide bonds. The minimum absolute atomic E-state index is 0.0152. The summed E-state index contributed by atoms with van der Waals surface area (Å²) in [5.41, 5.74) is 1.05. The van der Waals surface area contributed by atoms with Crippen LogP contribution >= 0.6 is 23.2 Å². The van der Waals surface area contributed by atoms with Gasteiger partial charge in [-0.1, -0.05) is 23.7 Å². The molecule has 0 saturated carbocycles. The van der Waals surface area contributed by atoms with E-state index in [0.717, 1.165) is 29.9 Å². The maximum Gasteiger partial charge on any atom is 0.416 e. The van der Waals surface area contributed by atoms with Gasteiger partial charge in [0, 0.05) is 13.1 Å². The van der Waals surface area contributed by atoms with Crippen LogP contribution in [0.5, 0.6) is 0 Å². The van der Waals surface area contributed by atoms with Gasteiger partial charge in [-0.05, 0) is 42.1 Å². The lowest BCUT2D eigenvalue weighted by Crippen LogP contribution is -2.33. The molecule has 1 aromatic carbocycles. The highest BCUT2D eigenvalue weighted by molar-refractivity contribution is 6.33. The maximum atomic E-state index is 12.6. The zero-order valence-electron chi connectivity index (χ0n) is 12.0. The number of nitrogens with zero attached hydrogens (tertiary/aromatic N) is 2. The van der Waals surface area contributed by atoms with Crippen LogP contribution in [0, 0.1) is 0 Å². The average Bonchev–Trinajstić information content (AvgIpc) is 2.80. The number of hydrogen-bond acceptors (Lipinski definition) is 2. The van der Waals surface area contributed by atoms with Crippen molar-refractivity contribution in [2.45, 2.75) is 31.6 Å². The van der Waals surface area contributed by atoms with Gasteiger partial charge >= 0.3 is 6.18 Å². The highest BCUT2D eigenvalue weighted by Gasteiger charge is 2.30. The van der Waals surface area contributed by atoms with E-state index in [4.69, 9.17) is 23.2 Å². The molecule has 8 heteroatoms. The molecule has 0 saturated heterocycles. The van der Waals surface area contributed by atoms with Gasteiger partial charge in [0.05, 0.1) is 17.3 Å². The molecule has 0 bridgehead atoms. The maximum absolute atomic E-state index is 12.6. The Balaban J connectivity index is 1.70. The van der Waals surface area contributed by atoms with Gasteiger partial charge in [0.25, 0.3) is 0 Å². The van der Waals surface area contributed by atoms with Crippen molar-refractivity contribution >= 4 is 23.2 Å². The monoisotopic (exact) mass is 363 g/mol. The molecule has 1 unspecified atom stereocenters. The molecule has 124 valence electrons. The Labute approximate surface area is 141 Å². The van der Waals surface area contributed by atoms with Gasteiger partial charge in [-0.2, -0.15) is 13.2 Å². The van der Waals surface area contributed by atoms with Gasteiger partial charge in [-0.3, -0.25) is 0 Å². The molecule has 0 aliphatic carbocycles. The van der Waals surface area contributed by atoms with Crippen molar-refractivity contribution in [3.8, 4) is 0 Å². The number of halogens is 5. The average molecular weight is 364 g/mol. The van der Waals surface area contributed by atoms with E-state index in [1.165, 1.54) is 12.1 Å². The third-order valence-corrected chi connectivity index (χ3v) is 4.54. The number of aromatic nitrogens is 2. The first-order valence-corrected chi connectivity index (χ1v) is 7.93. The number of imidazole rings is 1. The van der Waals surface area contributed by atoms with Gasteiger partial charge in [-0.15, -0.1) is 0 Å². The second kappa shape index (κ2) is 6.34. The van der Waals surface area contributed by atoms with Crippen LogP contribution in [0.2, 0.25) is 10.4 Å². The van der Waals surface area contributed by atoms with Gasteiger partial charge in [0.15, 0.2) is 5.15 Å². The molecule has 1 aromatic heterocycles. The quantitative estimate of drug-likeness (QED) is 0.870. The van der Waals surface area contributed by atoms with Crippen LogP contribution < -0.4 is 5.32 Å². The third kappa shape index (κ3) is 3.49. The Morgan fingerprint density at radius 3 is 2.57 bits per heavy atom. The van der Waals surface area contributed by atoms with E-state index in [1.807, 2.05) is 4.57 Å². The molecular weight excluding hydrogens is 350 g/mol. The second-order valence-corrected chi connectivity index (χ2v) is 6.14. The predicted molar refractivity (Wildman–Crippen MR) is 82.8 cm³/mol. The van der Waals surface area contributed by atoms with E-state index in [1.54, 1.807) is 0 Å². The zero-order chi connectivity index (χ0) is 16.6. The number of alkyl halides is 3. The van der Waals surface area contributed by atoms with Crippen LogP contribution in [0.4, 0.5) is 13.2 Å². The molecule has 1 aliphatic rings. The number of aryl methyl sites for hydroxylation is 1. The zero-order valence-corrected chi connectivity index (χ0v) is 13.5. The first-order valence-electron chi connectivity index (χ1n) is 7.17. The van der Waals surface area contributed by atoms with Crippen LogP contribution in [0.3, 0.4) is 0 Å². The molecule has 3 nitrogen and oxygen atoms in total. The summed E-state index contributed by atoms with van der Waals surface area (Å²) >= 11 is 12.2. The topological polar surface area (TPSA) is 29.9 Å². The van der Waals surface area contributed by atoms with Crippen LogP contribution in [-0.2, 0) is 19.1 Å². The van der Waals surface area contributed by atoms with Gasteiger partial charge < -0.3 is 9.88 Å². The first-order chi connectivity index (χ1) is 10.9. The molecule has 2 heterocycles. The lowest BCUT2D eigenvalue weighted by Gasteiger charge is -2.26. The standard InChI is InChI=1S/C15H14Cl2F3N3/c16-13-12-11(21-7-8-23(12)14(17)22-13)6-3-9-1-4-10(5-2-9)15(18,19)20/h1-2,4-5,11,21H,3,6-8H2. The number of fused-ring (bicyclic) bond motifs is 1. The smallest absolute Gasteiger partial charge is 0.315 e. The molecular formula is C15H14Cl2F3N3. The molecule has 1 aliphatic heterocycles. The molecule has 1 atom stereocenters. The summed E-state index contributed by atoms with van der Waals surface area (Å²) in [6.45, 7) is 1.45. The minimum Gasteiger partial charge on any atom is -0.315 e. The Hall–Kier alpha value is -1.24. The van der Waals surface area contributed by atoms with Crippen LogP contribution in [0.15, 0.2) is 24.3 Å². The van der Waals surface area contributed by atoms with Crippen molar-refractivity contribution in [2.75, 3.05) is 6.54 Å². The van der Waals surface area contributed by atoms with Crippen molar-refractivity contribution in [3.05, 3.63) is 51.5 Å². The normalized spacial score (nSPS) is 18.0. The number of rotatable bonds is 3. The Morgan fingerprint density at radius 2 is 1.91 bits per heavy atom. The van der Waals surface area contributed by atoms with Crippen molar-refractivity contribution < 1.29 is 13.2 Å². The van der Waals surface area contributed by atoms with E-state index < -0.39 is 11.7 Å². The van der Waals surface area contributed by atoms with Gasteiger partial charge in [-0.25, -0.2) is 4.98 Å². The summed E-state index contributed by atoms with van der Waals surface area (Å²) in [5.74, 6) is 0. The fourth-order valence-electron chi connectivity index (χ4n) is 2.81.